The number of hydrogen-bond acceptors (Lipinski definition) is 0. The summed E-state index contributed by atoms with van der Waals surface area (Å²) in [5.74, 6) is 0. The molecule has 0 nitrogen and oxygen atoms in total. The van der Waals surface area contributed by atoms with E-state index in [9.17, 15) is 0 Å². The lowest BCUT2D eigenvalue weighted by atomic mass is 10.5. The molecule has 34 valence electrons. The van der Waals surface area contributed by atoms with Gasteiger partial charge in [-0.25, -0.2) is 0 Å². The van der Waals surface area contributed by atoms with Gasteiger partial charge >= 0.3 is 0 Å². The molecule has 0 heterocycles. The van der Waals surface area contributed by atoms with Gasteiger partial charge in [-0.15, -0.1) is 0 Å². The SMILES string of the molecule is C=C(Cl)/C=C/C. The molecule has 0 unspecified atom stereocenters. The molecule has 0 atom stereocenters. The molecule has 0 aromatic carbocycles. The van der Waals surface area contributed by atoms with E-state index < -0.39 is 0 Å². The maximum atomic E-state index is 5.30. The van der Waals surface area contributed by atoms with Crippen molar-refractivity contribution in [2.75, 3.05) is 0 Å². The first-order chi connectivity index (χ1) is 2.77. The van der Waals surface area contributed by atoms with Crippen LogP contribution in [0.15, 0.2) is 23.8 Å². The molecular formula is C5H7Cl. The van der Waals surface area contributed by atoms with Crippen molar-refractivity contribution in [2.24, 2.45) is 0 Å². The molecule has 0 aromatic heterocycles. The van der Waals surface area contributed by atoms with Gasteiger partial charge in [0.15, 0.2) is 0 Å². The fourth-order valence-electron chi connectivity index (χ4n) is 0.181. The lowest BCUT2D eigenvalue weighted by Gasteiger charge is -1.72. The van der Waals surface area contributed by atoms with Crippen LogP contribution in [0.1, 0.15) is 6.92 Å². The summed E-state index contributed by atoms with van der Waals surface area (Å²) in [6, 6.07) is 0. The lowest BCUT2D eigenvalue weighted by Crippen LogP contribution is -1.48. The number of halogens is 1. The minimum absolute atomic E-state index is 0.581. The molecule has 6 heavy (non-hydrogen) atoms. The Labute approximate surface area is 43.1 Å². The number of hydrogen-bond donors (Lipinski definition) is 0. The van der Waals surface area contributed by atoms with Crippen LogP contribution in [0.25, 0.3) is 0 Å². The van der Waals surface area contributed by atoms with Gasteiger partial charge in [0.2, 0.25) is 0 Å². The van der Waals surface area contributed by atoms with Crippen LogP contribution in [0.3, 0.4) is 0 Å². The zero-order valence-corrected chi connectivity index (χ0v) is 4.50. The summed E-state index contributed by atoms with van der Waals surface area (Å²) in [5, 5.41) is 0.581. The summed E-state index contributed by atoms with van der Waals surface area (Å²) in [6.45, 7) is 5.32. The predicted molar refractivity (Wildman–Crippen MR) is 29.8 cm³/mol. The van der Waals surface area contributed by atoms with E-state index in [1.807, 2.05) is 13.0 Å². The average Bonchev–Trinajstić information content (AvgIpc) is 1.35. The number of rotatable bonds is 1. The first kappa shape index (κ1) is 5.77. The zero-order chi connectivity index (χ0) is 4.99. The maximum absolute atomic E-state index is 5.30. The van der Waals surface area contributed by atoms with Crippen LogP contribution in [0.5, 0.6) is 0 Å². The molecule has 0 bridgehead atoms. The first-order valence-corrected chi connectivity index (χ1v) is 2.12. The third-order valence-corrected chi connectivity index (χ3v) is 0.474. The van der Waals surface area contributed by atoms with Gasteiger partial charge in [-0.3, -0.25) is 0 Å². The van der Waals surface area contributed by atoms with Crippen molar-refractivity contribution in [1.82, 2.24) is 0 Å². The normalized spacial score (nSPS) is 9.67. The molecule has 0 aromatic rings. The Hall–Kier alpha value is -0.230. The average molecular weight is 103 g/mol. The Bertz CT molecular complexity index is 72.0. The fourth-order valence-corrected chi connectivity index (χ4v) is 0.307. The summed E-state index contributed by atoms with van der Waals surface area (Å²) in [5.41, 5.74) is 0. The van der Waals surface area contributed by atoms with Crippen molar-refractivity contribution >= 4 is 11.6 Å². The van der Waals surface area contributed by atoms with Crippen LogP contribution in [0.4, 0.5) is 0 Å². The highest BCUT2D eigenvalue weighted by molar-refractivity contribution is 6.30. The molecule has 0 aliphatic rings. The van der Waals surface area contributed by atoms with E-state index in [1.165, 1.54) is 0 Å². The van der Waals surface area contributed by atoms with Gasteiger partial charge in [0.05, 0.1) is 0 Å². The third kappa shape index (κ3) is 3.77. The maximum Gasteiger partial charge on any atom is 0.0330 e. The van der Waals surface area contributed by atoms with E-state index in [0.29, 0.717) is 5.03 Å². The molecular weight excluding hydrogens is 95.5 g/mol. The Morgan fingerprint density at radius 2 is 2.33 bits per heavy atom. The monoisotopic (exact) mass is 102 g/mol. The van der Waals surface area contributed by atoms with Crippen LogP contribution in [-0.2, 0) is 0 Å². The quantitative estimate of drug-likeness (QED) is 0.446. The molecule has 0 rings (SSSR count). The highest BCUT2D eigenvalue weighted by Gasteiger charge is 1.67. The summed E-state index contributed by atoms with van der Waals surface area (Å²) in [4.78, 5) is 0. The van der Waals surface area contributed by atoms with Gasteiger partial charge in [-0.1, -0.05) is 24.3 Å². The van der Waals surface area contributed by atoms with E-state index >= 15 is 0 Å². The zero-order valence-electron chi connectivity index (χ0n) is 3.74. The molecule has 0 amide bonds. The minimum atomic E-state index is 0.581. The Kier molecular flexibility index (Phi) is 2.87. The fraction of sp³-hybridized carbons (Fsp3) is 0.200. The van der Waals surface area contributed by atoms with E-state index in [0.717, 1.165) is 0 Å². The van der Waals surface area contributed by atoms with Gasteiger partial charge in [0, 0.05) is 5.03 Å². The molecule has 0 N–H and O–H groups in total. The number of allylic oxidation sites excluding steroid dienone is 3. The Balaban J connectivity index is 3.30. The van der Waals surface area contributed by atoms with Crippen LogP contribution < -0.4 is 0 Å². The predicted octanol–water partition coefficient (Wildman–Crippen LogP) is 2.32. The van der Waals surface area contributed by atoms with Gasteiger partial charge in [0.1, 0.15) is 0 Å². The van der Waals surface area contributed by atoms with Gasteiger partial charge in [0.25, 0.3) is 0 Å². The molecule has 0 radical (unpaired) electrons. The standard InChI is InChI=1S/C5H7Cl/c1-3-4-5(2)6/h3-4H,2H2,1H3/b4-3+. The molecule has 0 saturated carbocycles. The smallest absolute Gasteiger partial charge is 0.0330 e. The van der Waals surface area contributed by atoms with E-state index in [2.05, 4.69) is 6.58 Å². The summed E-state index contributed by atoms with van der Waals surface area (Å²) >= 11 is 5.30. The summed E-state index contributed by atoms with van der Waals surface area (Å²) < 4.78 is 0. The van der Waals surface area contributed by atoms with Crippen molar-refractivity contribution in [1.29, 1.82) is 0 Å². The van der Waals surface area contributed by atoms with Crippen molar-refractivity contribution < 1.29 is 0 Å². The van der Waals surface area contributed by atoms with Gasteiger partial charge in [-0.2, -0.15) is 0 Å². The summed E-state index contributed by atoms with van der Waals surface area (Å²) in [6.07, 6.45) is 3.58. The van der Waals surface area contributed by atoms with Gasteiger partial charge in [-0.05, 0) is 13.0 Å². The largest absolute Gasteiger partial charge is 0.0862 e. The summed E-state index contributed by atoms with van der Waals surface area (Å²) in [7, 11) is 0. The van der Waals surface area contributed by atoms with Crippen LogP contribution in [0, 0.1) is 0 Å². The molecule has 0 aliphatic heterocycles. The van der Waals surface area contributed by atoms with Crippen molar-refractivity contribution in [2.45, 2.75) is 6.92 Å². The highest BCUT2D eigenvalue weighted by atomic mass is 35.5. The molecule has 1 heteroatoms. The van der Waals surface area contributed by atoms with E-state index in [-0.39, 0.29) is 0 Å². The van der Waals surface area contributed by atoms with E-state index in [1.54, 1.807) is 6.08 Å². The van der Waals surface area contributed by atoms with E-state index in [4.69, 9.17) is 11.6 Å². The molecule has 0 spiro atoms. The van der Waals surface area contributed by atoms with Crippen LogP contribution in [0.2, 0.25) is 0 Å². The minimum Gasteiger partial charge on any atom is -0.0862 e. The lowest BCUT2D eigenvalue weighted by molar-refractivity contribution is 1.73. The molecule has 0 aliphatic carbocycles. The van der Waals surface area contributed by atoms with Crippen molar-refractivity contribution in [3.8, 4) is 0 Å². The highest BCUT2D eigenvalue weighted by Crippen LogP contribution is 1.95. The third-order valence-electron chi connectivity index (χ3n) is 0.348. The Morgan fingerprint density at radius 3 is 2.33 bits per heavy atom. The second kappa shape index (κ2) is 2.98. The Morgan fingerprint density at radius 1 is 1.83 bits per heavy atom. The topological polar surface area (TPSA) is 0 Å². The second-order valence-corrected chi connectivity index (χ2v) is 1.43. The van der Waals surface area contributed by atoms with Crippen LogP contribution >= 0.6 is 11.6 Å². The first-order valence-electron chi connectivity index (χ1n) is 1.74. The van der Waals surface area contributed by atoms with Crippen molar-refractivity contribution in [3.63, 3.8) is 0 Å². The van der Waals surface area contributed by atoms with Gasteiger partial charge < -0.3 is 0 Å². The van der Waals surface area contributed by atoms with Crippen molar-refractivity contribution in [3.05, 3.63) is 23.8 Å². The molecule has 0 saturated heterocycles. The van der Waals surface area contributed by atoms with Crippen LogP contribution in [-0.4, -0.2) is 0 Å². The second-order valence-electron chi connectivity index (χ2n) is 0.947. The molecule has 0 fully saturated rings.